The molecule has 0 aliphatic carbocycles. The topological polar surface area (TPSA) is 61.8 Å². The van der Waals surface area contributed by atoms with Crippen molar-refractivity contribution in [1.82, 2.24) is 0 Å². The van der Waals surface area contributed by atoms with Crippen molar-refractivity contribution in [3.05, 3.63) is 58.6 Å². The van der Waals surface area contributed by atoms with Gasteiger partial charge in [0.25, 0.3) is 0 Å². The molecule has 0 fully saturated rings. The summed E-state index contributed by atoms with van der Waals surface area (Å²) in [6.45, 7) is 1.26. The number of hydrogen-bond acceptors (Lipinski definition) is 5. The Morgan fingerprint density at radius 1 is 1.08 bits per heavy atom. The monoisotopic (exact) mass is 392 g/mol. The number of carbonyl (C=O) groups excluding carboxylic acids is 2. The molecule has 0 heterocycles. The van der Waals surface area contributed by atoms with Gasteiger partial charge in [-0.1, -0.05) is 22.0 Å². The Morgan fingerprint density at radius 3 is 2.42 bits per heavy atom. The number of ketones is 1. The first-order valence-electron chi connectivity index (χ1n) is 7.25. The number of ether oxygens (including phenoxy) is 3. The molecule has 5 nitrogen and oxygen atoms in total. The first-order chi connectivity index (χ1) is 11.5. The van der Waals surface area contributed by atoms with E-state index in [4.69, 9.17) is 14.2 Å². The lowest BCUT2D eigenvalue weighted by Crippen LogP contribution is -2.27. The van der Waals surface area contributed by atoms with Gasteiger partial charge in [-0.15, -0.1) is 0 Å². The van der Waals surface area contributed by atoms with E-state index in [-0.39, 0.29) is 12.4 Å². The van der Waals surface area contributed by atoms with Crippen molar-refractivity contribution in [2.45, 2.75) is 13.0 Å². The maximum absolute atomic E-state index is 12.2. The first-order valence-corrected chi connectivity index (χ1v) is 8.05. The predicted molar refractivity (Wildman–Crippen MR) is 92.5 cm³/mol. The van der Waals surface area contributed by atoms with Gasteiger partial charge >= 0.3 is 5.97 Å². The lowest BCUT2D eigenvalue weighted by Gasteiger charge is -2.13. The minimum absolute atomic E-state index is 0.267. The average Bonchev–Trinajstić information content (AvgIpc) is 2.59. The van der Waals surface area contributed by atoms with Crippen LogP contribution in [0.15, 0.2) is 53.0 Å². The van der Waals surface area contributed by atoms with E-state index in [1.807, 2.05) is 6.07 Å². The van der Waals surface area contributed by atoms with Crippen LogP contribution in [0.5, 0.6) is 11.5 Å². The predicted octanol–water partition coefficient (Wildman–Crippen LogP) is 3.65. The zero-order valence-corrected chi connectivity index (χ0v) is 14.9. The molecule has 2 rings (SSSR count). The van der Waals surface area contributed by atoms with E-state index in [0.717, 1.165) is 4.47 Å². The van der Waals surface area contributed by atoms with Crippen LogP contribution < -0.4 is 9.47 Å². The van der Waals surface area contributed by atoms with Gasteiger partial charge in [0.2, 0.25) is 5.78 Å². The van der Waals surface area contributed by atoms with E-state index in [0.29, 0.717) is 17.1 Å². The van der Waals surface area contributed by atoms with Crippen molar-refractivity contribution >= 4 is 27.7 Å². The minimum atomic E-state index is -0.892. The molecule has 1 atom stereocenters. The Kier molecular flexibility index (Phi) is 6.37. The number of methoxy groups -OCH3 is 1. The van der Waals surface area contributed by atoms with Crippen LogP contribution in [0.2, 0.25) is 0 Å². The summed E-state index contributed by atoms with van der Waals surface area (Å²) in [6, 6.07) is 13.7. The molecule has 0 aromatic heterocycles. The van der Waals surface area contributed by atoms with Crippen molar-refractivity contribution < 1.29 is 23.8 Å². The first kappa shape index (κ1) is 18.0. The van der Waals surface area contributed by atoms with Crippen LogP contribution in [0, 0.1) is 0 Å². The summed E-state index contributed by atoms with van der Waals surface area (Å²) in [6.07, 6.45) is -0.892. The van der Waals surface area contributed by atoms with E-state index in [9.17, 15) is 9.59 Å². The summed E-state index contributed by atoms with van der Waals surface area (Å²) in [5.74, 6) is 0.298. The molecule has 0 aliphatic rings. The Balaban J connectivity index is 1.87. The smallest absolute Gasteiger partial charge is 0.344 e. The Hall–Kier alpha value is -2.34. The van der Waals surface area contributed by atoms with Gasteiger partial charge in [-0.2, -0.15) is 0 Å². The molecular weight excluding hydrogens is 376 g/mol. The number of benzene rings is 2. The highest BCUT2D eigenvalue weighted by Crippen LogP contribution is 2.18. The highest BCUT2D eigenvalue weighted by atomic mass is 79.9. The van der Waals surface area contributed by atoms with Gasteiger partial charge in [0.15, 0.2) is 12.7 Å². The molecule has 126 valence electrons. The summed E-state index contributed by atoms with van der Waals surface area (Å²) in [5.41, 5.74) is 0.448. The fourth-order valence-electron chi connectivity index (χ4n) is 1.97. The maximum atomic E-state index is 12.2. The number of hydrogen-bond donors (Lipinski definition) is 0. The molecule has 0 N–H and O–H groups in total. The molecule has 0 unspecified atom stereocenters. The van der Waals surface area contributed by atoms with Gasteiger partial charge in [-0.05, 0) is 49.4 Å². The molecule has 0 saturated heterocycles. The van der Waals surface area contributed by atoms with E-state index >= 15 is 0 Å². The van der Waals surface area contributed by atoms with E-state index in [1.165, 1.54) is 6.92 Å². The van der Waals surface area contributed by atoms with Crippen molar-refractivity contribution in [2.75, 3.05) is 13.7 Å². The van der Waals surface area contributed by atoms with Crippen LogP contribution in [0.1, 0.15) is 17.3 Å². The number of carbonyl (C=O) groups is 2. The molecule has 0 amide bonds. The molecular formula is C18H17BrO5. The van der Waals surface area contributed by atoms with Gasteiger partial charge in [-0.3, -0.25) is 4.79 Å². The third-order valence-corrected chi connectivity index (χ3v) is 3.70. The van der Waals surface area contributed by atoms with Crippen molar-refractivity contribution in [2.24, 2.45) is 0 Å². The summed E-state index contributed by atoms with van der Waals surface area (Å²) < 4.78 is 16.3. The van der Waals surface area contributed by atoms with Crippen LogP contribution in [0.3, 0.4) is 0 Å². The van der Waals surface area contributed by atoms with Crippen LogP contribution in [-0.2, 0) is 9.53 Å². The molecule has 24 heavy (non-hydrogen) atoms. The SMILES string of the molecule is COc1ccc(C(=O)[C@@H](C)OC(=O)COc2cccc(Br)c2)cc1. The third kappa shape index (κ3) is 5.09. The minimum Gasteiger partial charge on any atom is -0.497 e. The zero-order chi connectivity index (χ0) is 17.5. The second-order valence-electron chi connectivity index (χ2n) is 4.97. The second-order valence-corrected chi connectivity index (χ2v) is 5.89. The average molecular weight is 393 g/mol. The molecule has 0 aliphatic heterocycles. The summed E-state index contributed by atoms with van der Waals surface area (Å²) in [5, 5.41) is 0. The normalized spacial score (nSPS) is 11.5. The van der Waals surface area contributed by atoms with Crippen LogP contribution in [0.4, 0.5) is 0 Å². The summed E-state index contributed by atoms with van der Waals surface area (Å²) in [4.78, 5) is 24.1. The van der Waals surface area contributed by atoms with Crippen LogP contribution >= 0.6 is 15.9 Å². The van der Waals surface area contributed by atoms with Crippen LogP contribution in [0.25, 0.3) is 0 Å². The Bertz CT molecular complexity index is 712. The lowest BCUT2D eigenvalue weighted by atomic mass is 10.1. The highest BCUT2D eigenvalue weighted by molar-refractivity contribution is 9.10. The van der Waals surface area contributed by atoms with Crippen molar-refractivity contribution in [3.8, 4) is 11.5 Å². The van der Waals surface area contributed by atoms with Gasteiger partial charge in [-0.25, -0.2) is 4.79 Å². The third-order valence-electron chi connectivity index (χ3n) is 3.20. The largest absolute Gasteiger partial charge is 0.497 e. The highest BCUT2D eigenvalue weighted by Gasteiger charge is 2.19. The molecule has 0 bridgehead atoms. The van der Waals surface area contributed by atoms with Gasteiger partial charge in [0.1, 0.15) is 11.5 Å². The molecule has 0 radical (unpaired) electrons. The van der Waals surface area contributed by atoms with Gasteiger partial charge < -0.3 is 14.2 Å². The lowest BCUT2D eigenvalue weighted by molar-refractivity contribution is -0.148. The summed E-state index contributed by atoms with van der Waals surface area (Å²) in [7, 11) is 1.55. The van der Waals surface area contributed by atoms with E-state index < -0.39 is 12.1 Å². The van der Waals surface area contributed by atoms with E-state index in [2.05, 4.69) is 15.9 Å². The molecule has 2 aromatic rings. The van der Waals surface area contributed by atoms with Crippen molar-refractivity contribution in [3.63, 3.8) is 0 Å². The number of esters is 1. The van der Waals surface area contributed by atoms with Gasteiger partial charge in [0.05, 0.1) is 7.11 Å². The Labute approximate surface area is 148 Å². The zero-order valence-electron chi connectivity index (χ0n) is 13.3. The van der Waals surface area contributed by atoms with Crippen molar-refractivity contribution in [1.29, 1.82) is 0 Å². The molecule has 6 heteroatoms. The Morgan fingerprint density at radius 2 is 1.79 bits per heavy atom. The van der Waals surface area contributed by atoms with Crippen LogP contribution in [-0.4, -0.2) is 31.6 Å². The molecule has 2 aromatic carbocycles. The molecule has 0 saturated carbocycles. The quantitative estimate of drug-likeness (QED) is 0.531. The fraction of sp³-hybridized carbons (Fsp3) is 0.222. The van der Waals surface area contributed by atoms with E-state index in [1.54, 1.807) is 49.6 Å². The number of halogens is 1. The fourth-order valence-corrected chi connectivity index (χ4v) is 2.35. The maximum Gasteiger partial charge on any atom is 0.344 e. The molecule has 0 spiro atoms. The summed E-state index contributed by atoms with van der Waals surface area (Å²) >= 11 is 3.31. The standard InChI is InChI=1S/C18H17BrO5/c1-12(18(21)13-6-8-15(22-2)9-7-13)24-17(20)11-23-16-5-3-4-14(19)10-16/h3-10,12H,11H2,1-2H3/t12-/m1/s1. The second kappa shape index (κ2) is 8.49. The number of Topliss-reactive ketones (excluding diaryl/α,β-unsaturated/α-hetero) is 1. The number of rotatable bonds is 7. The van der Waals surface area contributed by atoms with Gasteiger partial charge in [0, 0.05) is 10.0 Å².